The average Bonchev–Trinajstić information content (AvgIpc) is 3.27. The number of amidine groups is 1. The van der Waals surface area contributed by atoms with Gasteiger partial charge in [-0.05, 0) is 45.0 Å². The van der Waals surface area contributed by atoms with Crippen LogP contribution in [0.2, 0.25) is 0 Å². The Morgan fingerprint density at radius 2 is 1.61 bits per heavy atom. The largest absolute Gasteiger partial charge is 0.449 e. The summed E-state index contributed by atoms with van der Waals surface area (Å²) in [6.07, 6.45) is 17.0. The van der Waals surface area contributed by atoms with Crippen molar-refractivity contribution >= 4 is 39.5 Å². The lowest BCUT2D eigenvalue weighted by Crippen LogP contribution is -2.35. The van der Waals surface area contributed by atoms with E-state index in [2.05, 4.69) is 48.4 Å². The van der Waals surface area contributed by atoms with Crippen LogP contribution in [0.25, 0.3) is 0 Å². The predicted octanol–water partition coefficient (Wildman–Crippen LogP) is 9.33. The Hall–Kier alpha value is -2.38. The summed E-state index contributed by atoms with van der Waals surface area (Å²) in [6, 6.07) is 10.3. The number of nitrogens with zero attached hydrogens (tertiary/aromatic N) is 2. The van der Waals surface area contributed by atoms with E-state index in [1.54, 1.807) is 11.3 Å². The molecule has 1 aromatic carbocycles. The van der Waals surface area contributed by atoms with E-state index in [0.717, 1.165) is 60.0 Å². The van der Waals surface area contributed by atoms with Crippen LogP contribution in [0.3, 0.4) is 0 Å². The van der Waals surface area contributed by atoms with Gasteiger partial charge in [-0.25, -0.2) is 4.99 Å². The summed E-state index contributed by atoms with van der Waals surface area (Å²) in [5.41, 5.74) is 3.05. The Morgan fingerprint density at radius 3 is 2.29 bits per heavy atom. The molecule has 41 heavy (non-hydrogen) atoms. The van der Waals surface area contributed by atoms with Crippen molar-refractivity contribution in [2.45, 2.75) is 111 Å². The Balaban J connectivity index is 1.45. The fourth-order valence-electron chi connectivity index (χ4n) is 5.34. The monoisotopic (exact) mass is 582 g/mol. The van der Waals surface area contributed by atoms with Gasteiger partial charge in [-0.3, -0.25) is 9.69 Å². The molecule has 228 valence electrons. The lowest BCUT2D eigenvalue weighted by molar-refractivity contribution is -0.153. The highest BCUT2D eigenvalue weighted by atomic mass is 32.1. The summed E-state index contributed by atoms with van der Waals surface area (Å²) in [5, 5.41) is 8.21. The SMILES string of the molecule is CCCCCCCCC(CCCCCCCC)C(=O)OCN(C)CCNC1=Nc2ccccc2Nc2sc(C)cc21. The lowest BCUT2D eigenvalue weighted by Gasteiger charge is -2.21. The summed E-state index contributed by atoms with van der Waals surface area (Å²) in [6.45, 7) is 8.41. The van der Waals surface area contributed by atoms with Gasteiger partial charge < -0.3 is 15.4 Å². The van der Waals surface area contributed by atoms with Gasteiger partial charge in [0.2, 0.25) is 0 Å². The van der Waals surface area contributed by atoms with E-state index in [0.29, 0.717) is 13.3 Å². The number of anilines is 2. The van der Waals surface area contributed by atoms with Crippen LogP contribution in [-0.4, -0.2) is 43.6 Å². The van der Waals surface area contributed by atoms with Gasteiger partial charge in [-0.15, -0.1) is 11.3 Å². The highest BCUT2D eigenvalue weighted by Crippen LogP contribution is 2.37. The van der Waals surface area contributed by atoms with E-state index >= 15 is 0 Å². The maximum absolute atomic E-state index is 13.1. The smallest absolute Gasteiger partial charge is 0.310 e. The molecule has 0 aliphatic carbocycles. The summed E-state index contributed by atoms with van der Waals surface area (Å²) < 4.78 is 5.85. The van der Waals surface area contributed by atoms with Crippen molar-refractivity contribution < 1.29 is 9.53 Å². The molecule has 1 aliphatic rings. The number of rotatable bonds is 20. The summed E-state index contributed by atoms with van der Waals surface area (Å²) >= 11 is 1.75. The molecule has 0 amide bonds. The second kappa shape index (κ2) is 18.9. The van der Waals surface area contributed by atoms with Gasteiger partial charge in [0.1, 0.15) is 17.6 Å². The molecule has 0 saturated heterocycles. The topological polar surface area (TPSA) is 66.0 Å². The van der Waals surface area contributed by atoms with Crippen molar-refractivity contribution in [2.75, 3.05) is 32.2 Å². The number of likely N-dealkylation sites (N-methyl/N-ethyl adjacent to an activating group) is 1. The van der Waals surface area contributed by atoms with Gasteiger partial charge in [-0.1, -0.05) is 103 Å². The third-order valence-electron chi connectivity index (χ3n) is 7.85. The number of para-hydroxylation sites is 2. The molecule has 1 aliphatic heterocycles. The number of unbranched alkanes of at least 4 members (excludes halogenated alkanes) is 10. The van der Waals surface area contributed by atoms with Crippen LogP contribution in [0.15, 0.2) is 35.3 Å². The standard InChI is InChI=1S/C34H54N4O2S/c1-5-7-9-11-13-15-19-28(20-16-14-12-10-8-6-2)34(39)40-26-38(4)24-23-35-32-29-25-27(3)41-33(29)37-31-22-18-17-21-30(31)36-32/h17-18,21-22,25,28,37H,5-16,19-20,23-24,26H2,1-4H3,(H,35,36). The fraction of sp³-hybridized carbons (Fsp3) is 0.647. The quantitative estimate of drug-likeness (QED) is 0.0925. The van der Waals surface area contributed by atoms with Crippen molar-refractivity contribution in [1.82, 2.24) is 10.2 Å². The van der Waals surface area contributed by atoms with Crippen LogP contribution < -0.4 is 10.6 Å². The van der Waals surface area contributed by atoms with E-state index in [4.69, 9.17) is 9.73 Å². The zero-order valence-electron chi connectivity index (χ0n) is 26.1. The second-order valence-electron chi connectivity index (χ2n) is 11.6. The number of carbonyl (C=O) groups excluding carboxylic acids is 1. The van der Waals surface area contributed by atoms with Crippen LogP contribution in [0.5, 0.6) is 0 Å². The predicted molar refractivity (Wildman–Crippen MR) is 176 cm³/mol. The number of carbonyl (C=O) groups is 1. The average molecular weight is 583 g/mol. The molecule has 0 radical (unpaired) electrons. The molecular formula is C34H54N4O2S. The molecule has 0 unspecified atom stereocenters. The minimum absolute atomic E-state index is 0.0128. The van der Waals surface area contributed by atoms with Crippen molar-refractivity contribution in [3.05, 3.63) is 40.8 Å². The first-order valence-electron chi connectivity index (χ1n) is 16.2. The number of esters is 1. The van der Waals surface area contributed by atoms with Gasteiger partial charge in [-0.2, -0.15) is 0 Å². The van der Waals surface area contributed by atoms with Gasteiger partial charge in [0.25, 0.3) is 0 Å². The number of ether oxygens (including phenoxy) is 1. The van der Waals surface area contributed by atoms with Crippen LogP contribution in [0, 0.1) is 12.8 Å². The van der Waals surface area contributed by atoms with E-state index in [-0.39, 0.29) is 11.9 Å². The highest BCUT2D eigenvalue weighted by molar-refractivity contribution is 7.16. The first kappa shape index (κ1) is 33.1. The first-order chi connectivity index (χ1) is 20.0. The van der Waals surface area contributed by atoms with E-state index in [9.17, 15) is 4.79 Å². The number of aliphatic imine (C=N–C) groups is 1. The number of aryl methyl sites for hydroxylation is 1. The Morgan fingerprint density at radius 1 is 0.976 bits per heavy atom. The van der Waals surface area contributed by atoms with Crippen LogP contribution in [0.4, 0.5) is 16.4 Å². The lowest BCUT2D eigenvalue weighted by atomic mass is 9.94. The minimum Gasteiger partial charge on any atom is -0.449 e. The fourth-order valence-corrected chi connectivity index (χ4v) is 6.27. The van der Waals surface area contributed by atoms with Crippen molar-refractivity contribution in [1.29, 1.82) is 0 Å². The number of thiophene rings is 1. The molecule has 7 heteroatoms. The maximum Gasteiger partial charge on any atom is 0.310 e. The number of fused-ring (bicyclic) bond motifs is 2. The maximum atomic E-state index is 13.1. The third-order valence-corrected chi connectivity index (χ3v) is 8.82. The Labute approximate surface area is 253 Å². The van der Waals surface area contributed by atoms with Crippen molar-refractivity contribution in [3.8, 4) is 0 Å². The molecule has 3 rings (SSSR count). The van der Waals surface area contributed by atoms with Gasteiger partial charge in [0.05, 0.1) is 22.9 Å². The minimum atomic E-state index is -0.0128. The van der Waals surface area contributed by atoms with E-state index in [1.165, 1.54) is 69.1 Å². The van der Waals surface area contributed by atoms with E-state index in [1.807, 2.05) is 25.2 Å². The number of hydrogen-bond donors (Lipinski definition) is 2. The molecule has 2 aromatic rings. The molecule has 0 bridgehead atoms. The summed E-state index contributed by atoms with van der Waals surface area (Å²) in [4.78, 5) is 21.4. The van der Waals surface area contributed by atoms with Crippen LogP contribution >= 0.6 is 11.3 Å². The molecule has 0 fully saturated rings. The third kappa shape index (κ3) is 11.8. The number of hydrogen-bond acceptors (Lipinski definition) is 7. The summed E-state index contributed by atoms with van der Waals surface area (Å²) in [7, 11) is 2.01. The number of benzene rings is 1. The van der Waals surface area contributed by atoms with Crippen LogP contribution in [0.1, 0.15) is 114 Å². The van der Waals surface area contributed by atoms with Gasteiger partial charge in [0, 0.05) is 18.0 Å². The van der Waals surface area contributed by atoms with Crippen LogP contribution in [-0.2, 0) is 9.53 Å². The Bertz CT molecular complexity index is 1050. The molecule has 0 atom stereocenters. The molecule has 2 heterocycles. The number of nitrogens with one attached hydrogen (secondary N) is 2. The molecule has 0 spiro atoms. The van der Waals surface area contributed by atoms with Gasteiger partial charge >= 0.3 is 5.97 Å². The normalized spacial score (nSPS) is 12.5. The second-order valence-corrected chi connectivity index (χ2v) is 12.9. The first-order valence-corrected chi connectivity index (χ1v) is 17.0. The zero-order valence-corrected chi connectivity index (χ0v) is 26.9. The van der Waals surface area contributed by atoms with Crippen molar-refractivity contribution in [2.24, 2.45) is 10.9 Å². The highest BCUT2D eigenvalue weighted by Gasteiger charge is 2.21. The van der Waals surface area contributed by atoms with Gasteiger partial charge in [0.15, 0.2) is 0 Å². The Kier molecular flexibility index (Phi) is 15.3. The molecule has 0 saturated carbocycles. The zero-order chi connectivity index (χ0) is 29.3. The molecule has 6 nitrogen and oxygen atoms in total. The summed E-state index contributed by atoms with van der Waals surface area (Å²) in [5.74, 6) is 0.901. The molecule has 2 N–H and O–H groups in total. The van der Waals surface area contributed by atoms with E-state index < -0.39 is 0 Å². The molecule has 1 aromatic heterocycles. The van der Waals surface area contributed by atoms with Crippen molar-refractivity contribution in [3.63, 3.8) is 0 Å². The molecular weight excluding hydrogens is 528 g/mol.